The highest BCUT2D eigenvalue weighted by atomic mass is 16.5. The van der Waals surface area contributed by atoms with Crippen LogP contribution in [-0.2, 0) is 16.1 Å². The maximum Gasteiger partial charge on any atom is 0.261 e. The van der Waals surface area contributed by atoms with Crippen molar-refractivity contribution in [3.05, 3.63) is 40.4 Å². The molecule has 1 N–H and O–H groups in total. The molecule has 1 aromatic carbocycles. The van der Waals surface area contributed by atoms with Gasteiger partial charge in [0.2, 0.25) is 5.91 Å². The van der Waals surface area contributed by atoms with Gasteiger partial charge in [0.05, 0.1) is 17.5 Å². The number of para-hydroxylation sites is 1. The second-order valence-corrected chi connectivity index (χ2v) is 5.66. The lowest BCUT2D eigenvalue weighted by molar-refractivity contribution is -0.122. The Morgan fingerprint density at radius 3 is 2.87 bits per heavy atom. The van der Waals surface area contributed by atoms with Crippen LogP contribution in [0.15, 0.2) is 29.1 Å². The summed E-state index contributed by atoms with van der Waals surface area (Å²) in [5.74, 6) is 0.635. The molecule has 23 heavy (non-hydrogen) atoms. The van der Waals surface area contributed by atoms with Crippen molar-refractivity contribution < 1.29 is 9.53 Å². The minimum absolute atomic E-state index is 0.0145. The van der Waals surface area contributed by atoms with Crippen molar-refractivity contribution in [3.8, 4) is 0 Å². The molecule has 0 unspecified atom stereocenters. The van der Waals surface area contributed by atoms with Crippen LogP contribution in [0.2, 0.25) is 0 Å². The highest BCUT2D eigenvalue weighted by Crippen LogP contribution is 2.08. The summed E-state index contributed by atoms with van der Waals surface area (Å²) in [5, 5.41) is 3.47. The Balaban J connectivity index is 2.00. The first-order valence-corrected chi connectivity index (χ1v) is 7.77. The number of nitrogens with one attached hydrogen (secondary N) is 1. The fourth-order valence-electron chi connectivity index (χ4n) is 2.58. The first kappa shape index (κ1) is 17.1. The minimum Gasteiger partial charge on any atom is -0.383 e. The summed E-state index contributed by atoms with van der Waals surface area (Å²) in [4.78, 5) is 28.8. The second kappa shape index (κ2) is 7.87. The van der Waals surface area contributed by atoms with Crippen LogP contribution in [0.5, 0.6) is 0 Å². The van der Waals surface area contributed by atoms with E-state index in [0.29, 0.717) is 42.7 Å². The number of carbonyl (C=O) groups is 1. The van der Waals surface area contributed by atoms with Gasteiger partial charge in [-0.15, -0.1) is 0 Å². The topological polar surface area (TPSA) is 73.2 Å². The minimum atomic E-state index is -0.0544. The zero-order chi connectivity index (χ0) is 16.8. The Kier molecular flexibility index (Phi) is 5.87. The Hall–Kier alpha value is -2.21. The number of methoxy groups -OCH3 is 1. The predicted octanol–water partition coefficient (Wildman–Crippen LogP) is 1.64. The lowest BCUT2D eigenvalue weighted by atomic mass is 10.2. The van der Waals surface area contributed by atoms with Crippen molar-refractivity contribution in [2.24, 2.45) is 0 Å². The molecule has 6 nitrogen and oxygen atoms in total. The van der Waals surface area contributed by atoms with E-state index in [-0.39, 0.29) is 17.5 Å². The summed E-state index contributed by atoms with van der Waals surface area (Å²) in [6, 6.07) is 7.29. The molecule has 1 heterocycles. The van der Waals surface area contributed by atoms with Crippen LogP contribution in [0.3, 0.4) is 0 Å². The zero-order valence-corrected chi connectivity index (χ0v) is 13.8. The largest absolute Gasteiger partial charge is 0.383 e. The van der Waals surface area contributed by atoms with Crippen molar-refractivity contribution in [3.63, 3.8) is 0 Å². The third-order valence-electron chi connectivity index (χ3n) is 3.66. The fourth-order valence-corrected chi connectivity index (χ4v) is 2.58. The molecule has 0 fully saturated rings. The average molecular weight is 317 g/mol. The van der Waals surface area contributed by atoms with E-state index in [9.17, 15) is 9.59 Å². The number of aryl methyl sites for hydroxylation is 1. The van der Waals surface area contributed by atoms with Gasteiger partial charge in [0.25, 0.3) is 5.56 Å². The number of fused-ring (bicyclic) bond motifs is 1. The van der Waals surface area contributed by atoms with Crippen molar-refractivity contribution >= 4 is 16.8 Å². The van der Waals surface area contributed by atoms with Crippen LogP contribution in [0.1, 0.15) is 25.6 Å². The first-order chi connectivity index (χ1) is 11.0. The van der Waals surface area contributed by atoms with E-state index in [1.807, 2.05) is 32.0 Å². The Bertz CT molecular complexity index is 739. The van der Waals surface area contributed by atoms with E-state index in [1.165, 1.54) is 0 Å². The highest BCUT2D eigenvalue weighted by molar-refractivity contribution is 5.77. The molecule has 1 atom stereocenters. The fraction of sp³-hybridized carbons (Fsp3) is 0.471. The molecule has 2 aromatic rings. The van der Waals surface area contributed by atoms with Crippen molar-refractivity contribution in [1.29, 1.82) is 0 Å². The number of aromatic nitrogens is 2. The number of hydrogen-bond acceptors (Lipinski definition) is 4. The molecule has 0 aliphatic heterocycles. The van der Waals surface area contributed by atoms with Crippen molar-refractivity contribution in [1.82, 2.24) is 14.9 Å². The second-order valence-electron chi connectivity index (χ2n) is 5.66. The van der Waals surface area contributed by atoms with Crippen LogP contribution in [-0.4, -0.2) is 35.2 Å². The van der Waals surface area contributed by atoms with Crippen molar-refractivity contribution in [2.45, 2.75) is 39.3 Å². The van der Waals surface area contributed by atoms with Gasteiger partial charge in [-0.3, -0.25) is 14.2 Å². The van der Waals surface area contributed by atoms with Gasteiger partial charge in [0.15, 0.2) is 0 Å². The zero-order valence-electron chi connectivity index (χ0n) is 13.8. The molecule has 1 aromatic heterocycles. The summed E-state index contributed by atoms with van der Waals surface area (Å²) in [7, 11) is 1.60. The number of ether oxygens (including phenoxy) is 1. The molecular weight excluding hydrogens is 294 g/mol. The number of amides is 1. The molecule has 0 saturated heterocycles. The lowest BCUT2D eigenvalue weighted by Crippen LogP contribution is -2.35. The summed E-state index contributed by atoms with van der Waals surface area (Å²) in [6.45, 7) is 4.67. The van der Waals surface area contributed by atoms with Gasteiger partial charge in [-0.25, -0.2) is 4.98 Å². The molecule has 0 spiro atoms. The van der Waals surface area contributed by atoms with Crippen LogP contribution in [0.25, 0.3) is 10.9 Å². The number of carbonyl (C=O) groups excluding carboxylic acids is 1. The third-order valence-corrected chi connectivity index (χ3v) is 3.66. The summed E-state index contributed by atoms with van der Waals surface area (Å²) in [6.07, 6.45) is 0.957. The van der Waals surface area contributed by atoms with E-state index < -0.39 is 0 Å². The van der Waals surface area contributed by atoms with Crippen LogP contribution >= 0.6 is 0 Å². The van der Waals surface area contributed by atoms with E-state index in [0.717, 1.165) is 0 Å². The molecule has 0 saturated carbocycles. The standard InChI is InChI=1S/C17H23N3O3/c1-12(11-23-3)18-16(21)9-6-10-20-13(2)19-15-8-5-4-7-14(15)17(20)22/h4-5,7-8,12H,6,9-11H2,1-3H3,(H,18,21)/t12-/m1/s1. The molecule has 0 aliphatic rings. The Labute approximate surface area is 135 Å². The molecule has 6 heteroatoms. The molecule has 2 rings (SSSR count). The molecule has 124 valence electrons. The van der Waals surface area contributed by atoms with Gasteiger partial charge in [-0.1, -0.05) is 12.1 Å². The van der Waals surface area contributed by atoms with E-state index in [1.54, 1.807) is 17.7 Å². The van der Waals surface area contributed by atoms with Gasteiger partial charge in [0, 0.05) is 26.1 Å². The number of hydrogen-bond donors (Lipinski definition) is 1. The van der Waals surface area contributed by atoms with E-state index in [4.69, 9.17) is 4.74 Å². The van der Waals surface area contributed by atoms with Gasteiger partial charge in [-0.05, 0) is 32.4 Å². The number of benzene rings is 1. The average Bonchev–Trinajstić information content (AvgIpc) is 2.50. The molecule has 0 radical (unpaired) electrons. The maximum absolute atomic E-state index is 12.5. The normalized spacial score (nSPS) is 12.3. The van der Waals surface area contributed by atoms with E-state index >= 15 is 0 Å². The lowest BCUT2D eigenvalue weighted by Gasteiger charge is -2.13. The summed E-state index contributed by atoms with van der Waals surface area (Å²) < 4.78 is 6.62. The molecular formula is C17H23N3O3. The van der Waals surface area contributed by atoms with Crippen molar-refractivity contribution in [2.75, 3.05) is 13.7 Å². The smallest absolute Gasteiger partial charge is 0.261 e. The molecule has 1 amide bonds. The predicted molar refractivity (Wildman–Crippen MR) is 89.5 cm³/mol. The SMILES string of the molecule is COC[C@@H](C)NC(=O)CCCn1c(C)nc2ccccc2c1=O. The summed E-state index contributed by atoms with van der Waals surface area (Å²) >= 11 is 0. The van der Waals surface area contributed by atoms with Gasteiger partial charge in [-0.2, -0.15) is 0 Å². The first-order valence-electron chi connectivity index (χ1n) is 7.77. The molecule has 0 bridgehead atoms. The van der Waals surface area contributed by atoms with Crippen LogP contribution < -0.4 is 10.9 Å². The van der Waals surface area contributed by atoms with E-state index in [2.05, 4.69) is 10.3 Å². The van der Waals surface area contributed by atoms with Crippen LogP contribution in [0, 0.1) is 6.92 Å². The third kappa shape index (κ3) is 4.39. The highest BCUT2D eigenvalue weighted by Gasteiger charge is 2.10. The molecule has 0 aliphatic carbocycles. The Morgan fingerprint density at radius 2 is 2.13 bits per heavy atom. The summed E-state index contributed by atoms with van der Waals surface area (Å²) in [5.41, 5.74) is 0.652. The number of rotatable bonds is 7. The van der Waals surface area contributed by atoms with Gasteiger partial charge in [0.1, 0.15) is 5.82 Å². The van der Waals surface area contributed by atoms with Gasteiger partial charge >= 0.3 is 0 Å². The monoisotopic (exact) mass is 317 g/mol. The Morgan fingerprint density at radius 1 is 1.39 bits per heavy atom. The van der Waals surface area contributed by atoms with Crippen LogP contribution in [0.4, 0.5) is 0 Å². The quantitative estimate of drug-likeness (QED) is 0.842. The number of nitrogens with zero attached hydrogens (tertiary/aromatic N) is 2. The van der Waals surface area contributed by atoms with Gasteiger partial charge < -0.3 is 10.1 Å². The maximum atomic E-state index is 12.5.